The van der Waals surface area contributed by atoms with E-state index in [1.807, 2.05) is 0 Å². The molecule has 0 aromatic heterocycles. The van der Waals surface area contributed by atoms with Crippen molar-refractivity contribution in [3.05, 3.63) is 0 Å². The van der Waals surface area contributed by atoms with E-state index >= 15 is 0 Å². The first-order valence-electron chi connectivity index (χ1n) is 22.9. The Labute approximate surface area is 331 Å². The summed E-state index contributed by atoms with van der Waals surface area (Å²) in [5, 5.41) is 22.6. The van der Waals surface area contributed by atoms with Gasteiger partial charge in [0.25, 0.3) is 0 Å². The van der Waals surface area contributed by atoms with Crippen LogP contribution in [0.1, 0.15) is 239 Å². The maximum absolute atomic E-state index is 12.8. The van der Waals surface area contributed by atoms with Gasteiger partial charge in [0.05, 0.1) is 13.2 Å². The topological polar surface area (TPSA) is 142 Å². The van der Waals surface area contributed by atoms with E-state index in [4.69, 9.17) is 14.9 Å². The summed E-state index contributed by atoms with van der Waals surface area (Å²) in [5.41, 5.74) is 0. The number of ether oxygens (including phenoxy) is 1. The van der Waals surface area contributed by atoms with Gasteiger partial charge in [-0.25, -0.2) is 4.79 Å². The van der Waals surface area contributed by atoms with Gasteiger partial charge in [0.1, 0.15) is 12.1 Å². The fourth-order valence-electron chi connectivity index (χ4n) is 7.07. The first-order chi connectivity index (χ1) is 26.3. The summed E-state index contributed by atoms with van der Waals surface area (Å²) < 4.78 is 6.04. The van der Waals surface area contributed by atoms with Gasteiger partial charge in [-0.15, -0.1) is 0 Å². The summed E-state index contributed by atoms with van der Waals surface area (Å²) in [6.07, 6.45) is 41.3. The number of aliphatic hydroxyl groups is 1. The molecular formula is C45H86N2O7. The Kier molecular flexibility index (Phi) is 38.9. The van der Waals surface area contributed by atoms with Crippen LogP contribution in [0.15, 0.2) is 0 Å². The molecule has 0 saturated heterocycles. The number of nitrogens with one attached hydrogen (secondary N) is 2. The lowest BCUT2D eigenvalue weighted by atomic mass is 10.0. The first-order valence-corrected chi connectivity index (χ1v) is 22.9. The van der Waals surface area contributed by atoms with Crippen LogP contribution >= 0.6 is 0 Å². The molecule has 0 aliphatic rings. The van der Waals surface area contributed by atoms with E-state index in [1.165, 1.54) is 148 Å². The smallest absolute Gasteiger partial charge is 0.328 e. The number of aliphatic hydroxyl groups excluding tert-OH is 1. The molecule has 0 aliphatic heterocycles. The summed E-state index contributed by atoms with van der Waals surface area (Å²) in [5.74, 6) is -2.27. The van der Waals surface area contributed by atoms with Crippen LogP contribution in [-0.2, 0) is 23.9 Å². The van der Waals surface area contributed by atoms with E-state index in [9.17, 15) is 19.2 Å². The van der Waals surface area contributed by atoms with Crippen molar-refractivity contribution in [1.29, 1.82) is 0 Å². The molecule has 9 nitrogen and oxygen atoms in total. The molecule has 0 aromatic rings. The van der Waals surface area contributed by atoms with Crippen molar-refractivity contribution < 1.29 is 34.1 Å². The summed E-state index contributed by atoms with van der Waals surface area (Å²) in [7, 11) is 0. The van der Waals surface area contributed by atoms with E-state index in [2.05, 4.69) is 24.5 Å². The zero-order valence-corrected chi connectivity index (χ0v) is 35.3. The van der Waals surface area contributed by atoms with Crippen LogP contribution in [0.25, 0.3) is 0 Å². The zero-order valence-electron chi connectivity index (χ0n) is 35.3. The number of hydrogen-bond donors (Lipinski definition) is 4. The Morgan fingerprint density at radius 3 is 1.20 bits per heavy atom. The van der Waals surface area contributed by atoms with Gasteiger partial charge in [0.15, 0.2) is 0 Å². The zero-order chi connectivity index (χ0) is 39.7. The number of hydrogen-bond acceptors (Lipinski definition) is 6. The minimum atomic E-state index is -1.38. The maximum Gasteiger partial charge on any atom is 0.328 e. The fraction of sp³-hybridized carbons (Fsp3) is 0.911. The maximum atomic E-state index is 12.8. The SMILES string of the molecule is CCCCCCCCCCCCCCCCCCC(=O)OC(CCCCCCCCCCCC)CCCCCCCC(=O)NCC(=O)NC(CO)C(=O)O. The second-order valence-corrected chi connectivity index (χ2v) is 15.9. The van der Waals surface area contributed by atoms with Crippen molar-refractivity contribution in [3.63, 3.8) is 0 Å². The summed E-state index contributed by atoms with van der Waals surface area (Å²) in [6, 6.07) is -1.38. The second kappa shape index (κ2) is 40.5. The van der Waals surface area contributed by atoms with Gasteiger partial charge in [-0.05, 0) is 38.5 Å². The molecular weight excluding hydrogens is 681 g/mol. The Morgan fingerprint density at radius 2 is 0.833 bits per heavy atom. The van der Waals surface area contributed by atoms with Gasteiger partial charge in [0.2, 0.25) is 11.8 Å². The fourth-order valence-corrected chi connectivity index (χ4v) is 7.07. The van der Waals surface area contributed by atoms with Gasteiger partial charge in [-0.2, -0.15) is 0 Å². The van der Waals surface area contributed by atoms with Crippen molar-refractivity contribution in [2.75, 3.05) is 13.2 Å². The molecule has 0 bridgehead atoms. The highest BCUT2D eigenvalue weighted by Crippen LogP contribution is 2.19. The van der Waals surface area contributed by atoms with E-state index < -0.39 is 24.5 Å². The van der Waals surface area contributed by atoms with Crippen molar-refractivity contribution in [2.45, 2.75) is 251 Å². The van der Waals surface area contributed by atoms with Crippen LogP contribution in [0.2, 0.25) is 0 Å². The Balaban J connectivity index is 4.20. The van der Waals surface area contributed by atoms with Crippen LogP contribution in [0.4, 0.5) is 0 Å². The standard InChI is InChI=1S/C45H86N2O7/c1-3-5-7-9-11-13-15-16-17-18-19-20-22-24-29-33-37-44(51)54-40(34-30-26-23-21-14-12-10-8-6-4-2)35-31-27-25-28-32-36-42(49)46-38-43(50)47-41(39-48)45(52)53/h40-41,48H,3-39H2,1-2H3,(H,46,49)(H,47,50)(H,52,53). The largest absolute Gasteiger partial charge is 0.480 e. The number of carbonyl (C=O) groups is 4. The second-order valence-electron chi connectivity index (χ2n) is 15.9. The third kappa shape index (κ3) is 36.8. The Morgan fingerprint density at radius 1 is 0.481 bits per heavy atom. The number of amides is 2. The lowest BCUT2D eigenvalue weighted by molar-refractivity contribution is -0.150. The van der Waals surface area contributed by atoms with E-state index in [0.29, 0.717) is 19.3 Å². The molecule has 2 unspecified atom stereocenters. The lowest BCUT2D eigenvalue weighted by Crippen LogP contribution is -2.47. The molecule has 0 rings (SSSR count). The molecule has 4 N–H and O–H groups in total. The highest BCUT2D eigenvalue weighted by atomic mass is 16.5. The lowest BCUT2D eigenvalue weighted by Gasteiger charge is -2.18. The van der Waals surface area contributed by atoms with Gasteiger partial charge >= 0.3 is 11.9 Å². The monoisotopic (exact) mass is 767 g/mol. The average molecular weight is 767 g/mol. The highest BCUT2D eigenvalue weighted by Gasteiger charge is 2.19. The number of rotatable bonds is 42. The summed E-state index contributed by atoms with van der Waals surface area (Å²) in [4.78, 5) is 47.6. The van der Waals surface area contributed by atoms with Crippen LogP contribution < -0.4 is 10.6 Å². The molecule has 318 valence electrons. The predicted molar refractivity (Wildman–Crippen MR) is 222 cm³/mol. The molecule has 0 aromatic carbocycles. The molecule has 9 heteroatoms. The summed E-state index contributed by atoms with van der Waals surface area (Å²) >= 11 is 0. The Bertz CT molecular complexity index is 884. The molecule has 0 aliphatic carbocycles. The first kappa shape index (κ1) is 51.8. The molecule has 2 atom stereocenters. The van der Waals surface area contributed by atoms with Crippen LogP contribution in [0, 0.1) is 0 Å². The third-order valence-corrected chi connectivity index (χ3v) is 10.6. The van der Waals surface area contributed by atoms with Crippen LogP contribution in [0.5, 0.6) is 0 Å². The van der Waals surface area contributed by atoms with Crippen molar-refractivity contribution >= 4 is 23.8 Å². The van der Waals surface area contributed by atoms with Gasteiger partial charge in [-0.3, -0.25) is 14.4 Å². The number of carboxylic acid groups (broad SMARTS) is 1. The van der Waals surface area contributed by atoms with Crippen LogP contribution in [0.3, 0.4) is 0 Å². The number of unbranched alkanes of at least 4 members (excludes halogenated alkanes) is 28. The predicted octanol–water partition coefficient (Wildman–Crippen LogP) is 11.3. The van der Waals surface area contributed by atoms with Crippen molar-refractivity contribution in [1.82, 2.24) is 10.6 Å². The van der Waals surface area contributed by atoms with Crippen molar-refractivity contribution in [3.8, 4) is 0 Å². The van der Waals surface area contributed by atoms with Crippen molar-refractivity contribution in [2.24, 2.45) is 0 Å². The number of carboxylic acids is 1. The normalized spacial score (nSPS) is 12.4. The quantitative estimate of drug-likeness (QED) is 0.0358. The minimum absolute atomic E-state index is 0.00363. The molecule has 54 heavy (non-hydrogen) atoms. The van der Waals surface area contributed by atoms with E-state index in [1.54, 1.807) is 0 Å². The highest BCUT2D eigenvalue weighted by molar-refractivity contribution is 5.87. The number of aliphatic carboxylic acids is 1. The molecule has 0 spiro atoms. The van der Waals surface area contributed by atoms with Crippen LogP contribution in [-0.4, -0.2) is 59.3 Å². The van der Waals surface area contributed by atoms with Gasteiger partial charge in [-0.1, -0.05) is 187 Å². The Hall–Kier alpha value is -2.16. The van der Waals surface area contributed by atoms with Gasteiger partial charge in [0, 0.05) is 12.8 Å². The number of esters is 1. The molecule has 0 fully saturated rings. The molecule has 0 heterocycles. The third-order valence-electron chi connectivity index (χ3n) is 10.6. The van der Waals surface area contributed by atoms with E-state index in [-0.39, 0.29) is 24.5 Å². The molecule has 0 radical (unpaired) electrons. The summed E-state index contributed by atoms with van der Waals surface area (Å²) in [6.45, 7) is 3.50. The minimum Gasteiger partial charge on any atom is -0.480 e. The van der Waals surface area contributed by atoms with Gasteiger partial charge < -0.3 is 25.6 Å². The van der Waals surface area contributed by atoms with E-state index in [0.717, 1.165) is 57.8 Å². The average Bonchev–Trinajstić information content (AvgIpc) is 3.15. The molecule has 2 amide bonds. The number of carbonyl (C=O) groups excluding carboxylic acids is 3. The molecule has 0 saturated carbocycles.